The van der Waals surface area contributed by atoms with Crippen LogP contribution >= 0.6 is 0 Å². The lowest BCUT2D eigenvalue weighted by molar-refractivity contribution is 0.405. The number of methoxy groups -OCH3 is 1. The lowest BCUT2D eigenvalue weighted by atomic mass is 10.1. The van der Waals surface area contributed by atoms with Crippen LogP contribution in [0.2, 0.25) is 0 Å². The number of aryl methyl sites for hydroxylation is 1. The molecule has 2 N–H and O–H groups in total. The van der Waals surface area contributed by atoms with Gasteiger partial charge in [0.25, 0.3) is 0 Å². The van der Waals surface area contributed by atoms with E-state index in [2.05, 4.69) is 46.7 Å². The Hall–Kier alpha value is -3.12. The molecule has 1 aromatic heterocycles. The molecule has 0 unspecified atom stereocenters. The minimum absolute atomic E-state index is 0.533. The van der Waals surface area contributed by atoms with Crippen molar-refractivity contribution in [2.24, 2.45) is 0 Å². The summed E-state index contributed by atoms with van der Waals surface area (Å²) < 4.78 is 5.48. The topological polar surface area (TPSA) is 62.3 Å². The molecule has 3 rings (SSSR count). The summed E-state index contributed by atoms with van der Waals surface area (Å²) in [4.78, 5) is 11.6. The van der Waals surface area contributed by atoms with Crippen LogP contribution in [0, 0.1) is 6.92 Å². The van der Waals surface area contributed by atoms with E-state index in [1.807, 2.05) is 49.4 Å². The zero-order chi connectivity index (χ0) is 20.6. The largest absolute Gasteiger partial charge is 0.495 e. The second-order valence-corrected chi connectivity index (χ2v) is 7.24. The van der Waals surface area contributed by atoms with Gasteiger partial charge in [0.2, 0.25) is 5.95 Å². The molecule has 0 aliphatic rings. The van der Waals surface area contributed by atoms with Gasteiger partial charge in [0, 0.05) is 18.2 Å². The van der Waals surface area contributed by atoms with E-state index < -0.39 is 0 Å². The molecule has 0 radical (unpaired) electrons. The Labute approximate surface area is 173 Å². The van der Waals surface area contributed by atoms with E-state index in [4.69, 9.17) is 9.72 Å². The van der Waals surface area contributed by atoms with E-state index in [0.717, 1.165) is 53.6 Å². The number of hydrogen-bond acceptors (Lipinski definition) is 6. The van der Waals surface area contributed by atoms with Gasteiger partial charge in [-0.15, -0.1) is 0 Å². The Kier molecular flexibility index (Phi) is 7.03. The molecular weight excluding hydrogens is 362 g/mol. The van der Waals surface area contributed by atoms with Crippen LogP contribution < -0.4 is 15.4 Å². The quantitative estimate of drug-likeness (QED) is 0.521. The normalized spacial score (nSPS) is 10.8. The number of aromatic nitrogens is 2. The average Bonchev–Trinajstić information content (AvgIpc) is 2.72. The minimum atomic E-state index is 0.533. The van der Waals surface area contributed by atoms with Gasteiger partial charge in [-0.2, -0.15) is 4.98 Å². The lowest BCUT2D eigenvalue weighted by Gasteiger charge is -2.14. The highest BCUT2D eigenvalue weighted by Crippen LogP contribution is 2.29. The third kappa shape index (κ3) is 5.93. The van der Waals surface area contributed by atoms with Gasteiger partial charge in [-0.1, -0.05) is 36.4 Å². The number of hydrogen-bond donors (Lipinski definition) is 2. The minimum Gasteiger partial charge on any atom is -0.495 e. The molecule has 0 saturated heterocycles. The van der Waals surface area contributed by atoms with Crippen LogP contribution in [0.15, 0.2) is 54.6 Å². The van der Waals surface area contributed by atoms with Gasteiger partial charge in [-0.05, 0) is 51.7 Å². The van der Waals surface area contributed by atoms with Crippen LogP contribution in [0.4, 0.5) is 17.5 Å². The summed E-state index contributed by atoms with van der Waals surface area (Å²) in [5.74, 6) is 2.09. The molecule has 2 aromatic carbocycles. The van der Waals surface area contributed by atoms with Crippen LogP contribution in [-0.4, -0.2) is 49.2 Å². The van der Waals surface area contributed by atoms with Crippen LogP contribution in [0.1, 0.15) is 12.0 Å². The van der Waals surface area contributed by atoms with Gasteiger partial charge in [0.1, 0.15) is 11.6 Å². The molecule has 0 amide bonds. The van der Waals surface area contributed by atoms with E-state index in [-0.39, 0.29) is 0 Å². The number of nitrogens with zero attached hydrogens (tertiary/aromatic N) is 3. The molecule has 0 spiro atoms. The molecule has 6 nitrogen and oxygen atoms in total. The third-order valence-electron chi connectivity index (χ3n) is 4.49. The van der Waals surface area contributed by atoms with Gasteiger partial charge in [0.05, 0.1) is 18.5 Å². The van der Waals surface area contributed by atoms with Gasteiger partial charge >= 0.3 is 0 Å². The summed E-state index contributed by atoms with van der Waals surface area (Å²) in [6, 6.07) is 18.1. The molecule has 0 aliphatic carbocycles. The fourth-order valence-electron chi connectivity index (χ4n) is 3.00. The zero-order valence-corrected chi connectivity index (χ0v) is 17.6. The van der Waals surface area contributed by atoms with Crippen molar-refractivity contribution >= 4 is 17.5 Å². The zero-order valence-electron chi connectivity index (χ0n) is 17.6. The summed E-state index contributed by atoms with van der Waals surface area (Å²) in [7, 11) is 5.82. The first-order chi connectivity index (χ1) is 14.0. The van der Waals surface area contributed by atoms with Crippen molar-refractivity contribution in [3.63, 3.8) is 0 Å². The highest BCUT2D eigenvalue weighted by atomic mass is 16.5. The molecular formula is C23H29N5O. The maximum Gasteiger partial charge on any atom is 0.229 e. The molecule has 1 heterocycles. The van der Waals surface area contributed by atoms with Gasteiger partial charge in [-0.3, -0.25) is 0 Å². The standard InChI is InChI=1S/C23H29N5O/c1-17-11-12-21(29-4)20(15-17)26-23-25-19(18-9-6-5-7-10-18)16-22(27-23)24-13-8-14-28(2)3/h5-7,9-12,15-16H,8,13-14H2,1-4H3,(H2,24,25,26,27). The maximum absolute atomic E-state index is 5.48. The molecule has 0 atom stereocenters. The first kappa shape index (κ1) is 20.6. The second-order valence-electron chi connectivity index (χ2n) is 7.24. The first-order valence-corrected chi connectivity index (χ1v) is 9.80. The first-order valence-electron chi connectivity index (χ1n) is 9.80. The molecule has 0 fully saturated rings. The molecule has 0 saturated carbocycles. The van der Waals surface area contributed by atoms with E-state index in [9.17, 15) is 0 Å². The summed E-state index contributed by atoms with van der Waals surface area (Å²) in [5.41, 5.74) is 3.89. The average molecular weight is 392 g/mol. The smallest absolute Gasteiger partial charge is 0.229 e. The van der Waals surface area contributed by atoms with Crippen LogP contribution in [0.3, 0.4) is 0 Å². The summed E-state index contributed by atoms with van der Waals surface area (Å²) >= 11 is 0. The Morgan fingerprint density at radius 2 is 1.79 bits per heavy atom. The van der Waals surface area contributed by atoms with Gasteiger partial charge in [-0.25, -0.2) is 4.98 Å². The Morgan fingerprint density at radius 1 is 1.00 bits per heavy atom. The lowest BCUT2D eigenvalue weighted by Crippen LogP contribution is -2.17. The van der Waals surface area contributed by atoms with Gasteiger partial charge < -0.3 is 20.3 Å². The fourth-order valence-corrected chi connectivity index (χ4v) is 3.00. The predicted octanol–water partition coefficient (Wildman–Crippen LogP) is 4.57. The highest BCUT2D eigenvalue weighted by Gasteiger charge is 2.10. The summed E-state index contributed by atoms with van der Waals surface area (Å²) in [6.07, 6.45) is 1.03. The summed E-state index contributed by atoms with van der Waals surface area (Å²) in [6.45, 7) is 3.91. The van der Waals surface area contributed by atoms with E-state index in [1.165, 1.54) is 0 Å². The van der Waals surface area contributed by atoms with E-state index >= 15 is 0 Å². The molecule has 6 heteroatoms. The van der Waals surface area contributed by atoms with Crippen molar-refractivity contribution in [2.45, 2.75) is 13.3 Å². The van der Waals surface area contributed by atoms with Crippen molar-refractivity contribution in [1.29, 1.82) is 0 Å². The van der Waals surface area contributed by atoms with Crippen LogP contribution in [0.5, 0.6) is 5.75 Å². The van der Waals surface area contributed by atoms with E-state index in [1.54, 1.807) is 7.11 Å². The van der Waals surface area contributed by atoms with Gasteiger partial charge in [0.15, 0.2) is 0 Å². The monoisotopic (exact) mass is 391 g/mol. The number of nitrogens with one attached hydrogen (secondary N) is 2. The van der Waals surface area contributed by atoms with Crippen molar-refractivity contribution in [3.8, 4) is 17.0 Å². The predicted molar refractivity (Wildman–Crippen MR) is 120 cm³/mol. The molecule has 29 heavy (non-hydrogen) atoms. The molecule has 0 aliphatic heterocycles. The maximum atomic E-state index is 5.48. The van der Waals surface area contributed by atoms with Crippen molar-refractivity contribution in [1.82, 2.24) is 14.9 Å². The highest BCUT2D eigenvalue weighted by molar-refractivity contribution is 5.68. The molecule has 152 valence electrons. The van der Waals surface area contributed by atoms with Crippen LogP contribution in [-0.2, 0) is 0 Å². The number of benzene rings is 2. The van der Waals surface area contributed by atoms with Crippen LogP contribution in [0.25, 0.3) is 11.3 Å². The Balaban J connectivity index is 1.89. The SMILES string of the molecule is COc1ccc(C)cc1Nc1nc(NCCCN(C)C)cc(-c2ccccc2)n1. The van der Waals surface area contributed by atoms with Crippen molar-refractivity contribution < 1.29 is 4.74 Å². The van der Waals surface area contributed by atoms with Crippen molar-refractivity contribution in [2.75, 3.05) is 44.9 Å². The third-order valence-corrected chi connectivity index (χ3v) is 4.49. The second kappa shape index (κ2) is 9.89. The number of ether oxygens (including phenoxy) is 1. The Morgan fingerprint density at radius 3 is 2.52 bits per heavy atom. The molecule has 3 aromatic rings. The fraction of sp³-hybridized carbons (Fsp3) is 0.304. The van der Waals surface area contributed by atoms with Crippen molar-refractivity contribution in [3.05, 3.63) is 60.2 Å². The number of rotatable bonds is 9. The molecule has 0 bridgehead atoms. The number of anilines is 3. The Bertz CT molecular complexity index is 928. The summed E-state index contributed by atoms with van der Waals surface area (Å²) in [5, 5.41) is 6.76. The van der Waals surface area contributed by atoms with E-state index in [0.29, 0.717) is 5.95 Å².